The molecular formula is C16H27BrN2O2. The highest BCUT2D eigenvalue weighted by atomic mass is 79.9. The molecule has 120 valence electrons. The van der Waals surface area contributed by atoms with E-state index in [9.17, 15) is 0 Å². The van der Waals surface area contributed by atoms with Gasteiger partial charge in [-0.25, -0.2) is 0 Å². The molecule has 1 aromatic carbocycles. The van der Waals surface area contributed by atoms with Gasteiger partial charge in [-0.2, -0.15) is 0 Å². The lowest BCUT2D eigenvalue weighted by molar-refractivity contribution is 0.216. The lowest BCUT2D eigenvalue weighted by Crippen LogP contribution is -2.28. The first kappa shape index (κ1) is 18.3. The van der Waals surface area contributed by atoms with Gasteiger partial charge in [0, 0.05) is 12.6 Å². The summed E-state index contributed by atoms with van der Waals surface area (Å²) in [7, 11) is 1.66. The molecule has 0 amide bonds. The van der Waals surface area contributed by atoms with Gasteiger partial charge in [0.05, 0.1) is 11.6 Å². The maximum atomic E-state index is 5.91. The summed E-state index contributed by atoms with van der Waals surface area (Å²) in [4.78, 5) is 2.32. The topological polar surface area (TPSA) is 47.7 Å². The average Bonchev–Trinajstić information content (AvgIpc) is 2.44. The zero-order valence-electron chi connectivity index (χ0n) is 13.5. The highest BCUT2D eigenvalue weighted by Gasteiger charge is 2.13. The van der Waals surface area contributed by atoms with E-state index in [1.54, 1.807) is 7.11 Å². The lowest BCUT2D eigenvalue weighted by atomic mass is 10.1. The second-order valence-corrected chi connectivity index (χ2v) is 6.02. The van der Waals surface area contributed by atoms with E-state index in [1.807, 2.05) is 13.0 Å². The van der Waals surface area contributed by atoms with Crippen molar-refractivity contribution in [3.63, 3.8) is 0 Å². The molecule has 2 N–H and O–H groups in total. The minimum Gasteiger partial charge on any atom is -0.493 e. The first-order valence-electron chi connectivity index (χ1n) is 7.48. The minimum atomic E-state index is 0.121. The van der Waals surface area contributed by atoms with Crippen molar-refractivity contribution < 1.29 is 9.47 Å². The maximum Gasteiger partial charge on any atom is 0.175 e. The molecule has 5 heteroatoms. The molecule has 1 aromatic rings. The first-order valence-corrected chi connectivity index (χ1v) is 8.28. The molecule has 0 aliphatic rings. The molecule has 0 heterocycles. The lowest BCUT2D eigenvalue weighted by Gasteiger charge is -2.20. The Kier molecular flexibility index (Phi) is 8.07. The minimum absolute atomic E-state index is 0.121. The fourth-order valence-corrected chi connectivity index (χ4v) is 2.82. The summed E-state index contributed by atoms with van der Waals surface area (Å²) in [5, 5.41) is 0. The molecule has 0 aliphatic heterocycles. The number of halogens is 1. The molecule has 0 radical (unpaired) electrons. The molecule has 4 nitrogen and oxygen atoms in total. The zero-order chi connectivity index (χ0) is 15.8. The highest BCUT2D eigenvalue weighted by molar-refractivity contribution is 9.10. The van der Waals surface area contributed by atoms with E-state index in [1.165, 1.54) is 0 Å². The van der Waals surface area contributed by atoms with Crippen molar-refractivity contribution in [3.8, 4) is 11.5 Å². The highest BCUT2D eigenvalue weighted by Crippen LogP contribution is 2.36. The molecule has 0 aromatic heterocycles. The molecular weight excluding hydrogens is 332 g/mol. The summed E-state index contributed by atoms with van der Waals surface area (Å²) in [6.07, 6.45) is 0.814. The van der Waals surface area contributed by atoms with Crippen LogP contribution < -0.4 is 15.2 Å². The molecule has 1 atom stereocenters. The van der Waals surface area contributed by atoms with E-state index in [4.69, 9.17) is 15.2 Å². The smallest absolute Gasteiger partial charge is 0.175 e. The van der Waals surface area contributed by atoms with Gasteiger partial charge in [-0.15, -0.1) is 0 Å². The Morgan fingerprint density at radius 3 is 2.48 bits per heavy atom. The van der Waals surface area contributed by atoms with E-state index in [0.29, 0.717) is 6.61 Å². The zero-order valence-corrected chi connectivity index (χ0v) is 15.1. The summed E-state index contributed by atoms with van der Waals surface area (Å²) in [6.45, 7) is 9.92. The van der Waals surface area contributed by atoms with Gasteiger partial charge in [-0.1, -0.05) is 13.8 Å². The number of ether oxygens (including phenoxy) is 2. The van der Waals surface area contributed by atoms with Gasteiger partial charge in [0.25, 0.3) is 0 Å². The third-order valence-electron chi connectivity index (χ3n) is 3.40. The summed E-state index contributed by atoms with van der Waals surface area (Å²) < 4.78 is 12.3. The number of hydrogen-bond acceptors (Lipinski definition) is 4. The quantitative estimate of drug-likeness (QED) is 0.736. The third kappa shape index (κ3) is 5.85. The summed E-state index contributed by atoms with van der Waals surface area (Å²) in [5.74, 6) is 1.51. The SMILES string of the molecule is CCN(CC)CCOc1c(Br)cc(CC(C)N)cc1OC. The van der Waals surface area contributed by atoms with Crippen LogP contribution in [0.15, 0.2) is 16.6 Å². The number of nitrogens with two attached hydrogens (primary N) is 1. The monoisotopic (exact) mass is 358 g/mol. The van der Waals surface area contributed by atoms with Crippen molar-refractivity contribution in [2.75, 3.05) is 33.4 Å². The summed E-state index contributed by atoms with van der Waals surface area (Å²) in [5.41, 5.74) is 7.00. The van der Waals surface area contributed by atoms with Gasteiger partial charge in [0.2, 0.25) is 0 Å². The van der Waals surface area contributed by atoms with Crippen LogP contribution in [0.25, 0.3) is 0 Å². The standard InChI is InChI=1S/C16H27BrN2O2/c1-5-19(6-2)7-8-21-16-14(17)10-13(9-12(3)18)11-15(16)20-4/h10-12H,5-9,18H2,1-4H3. The van der Waals surface area contributed by atoms with Crippen molar-refractivity contribution in [3.05, 3.63) is 22.2 Å². The van der Waals surface area contributed by atoms with Gasteiger partial charge in [0.15, 0.2) is 11.5 Å². The summed E-state index contributed by atoms with van der Waals surface area (Å²) >= 11 is 3.57. The van der Waals surface area contributed by atoms with Crippen LogP contribution in [0, 0.1) is 0 Å². The van der Waals surface area contributed by atoms with Crippen molar-refractivity contribution in [1.82, 2.24) is 4.90 Å². The maximum absolute atomic E-state index is 5.91. The van der Waals surface area contributed by atoms with Crippen LogP contribution in [0.3, 0.4) is 0 Å². The third-order valence-corrected chi connectivity index (χ3v) is 3.98. The fourth-order valence-electron chi connectivity index (χ4n) is 2.22. The Hall–Kier alpha value is -0.780. The van der Waals surface area contributed by atoms with Crippen LogP contribution in [0.2, 0.25) is 0 Å². The van der Waals surface area contributed by atoms with Gasteiger partial charge >= 0.3 is 0 Å². The fraction of sp³-hybridized carbons (Fsp3) is 0.625. The van der Waals surface area contributed by atoms with Gasteiger partial charge in [-0.05, 0) is 60.1 Å². The van der Waals surface area contributed by atoms with E-state index < -0.39 is 0 Å². The van der Waals surface area contributed by atoms with E-state index >= 15 is 0 Å². The first-order chi connectivity index (χ1) is 10.0. The molecule has 21 heavy (non-hydrogen) atoms. The molecule has 0 aliphatic carbocycles. The predicted octanol–water partition coefficient (Wildman–Crippen LogP) is 3.07. The molecule has 0 saturated carbocycles. The van der Waals surface area contributed by atoms with Crippen LogP contribution in [-0.4, -0.2) is 44.3 Å². The molecule has 0 bridgehead atoms. The Labute approximate surface area is 136 Å². The van der Waals surface area contributed by atoms with Crippen molar-refractivity contribution in [2.45, 2.75) is 33.2 Å². The van der Waals surface area contributed by atoms with E-state index in [-0.39, 0.29) is 6.04 Å². The van der Waals surface area contributed by atoms with Crippen molar-refractivity contribution >= 4 is 15.9 Å². The number of benzene rings is 1. The predicted molar refractivity (Wildman–Crippen MR) is 91.3 cm³/mol. The normalized spacial score (nSPS) is 12.5. The number of hydrogen-bond donors (Lipinski definition) is 1. The summed E-state index contributed by atoms with van der Waals surface area (Å²) in [6, 6.07) is 4.18. The second kappa shape index (κ2) is 9.28. The van der Waals surface area contributed by atoms with Gasteiger partial charge in [-0.3, -0.25) is 0 Å². The Morgan fingerprint density at radius 1 is 1.29 bits per heavy atom. The van der Waals surface area contributed by atoms with E-state index in [0.717, 1.165) is 47.6 Å². The van der Waals surface area contributed by atoms with Crippen LogP contribution in [-0.2, 0) is 6.42 Å². The molecule has 1 unspecified atom stereocenters. The largest absolute Gasteiger partial charge is 0.493 e. The average molecular weight is 359 g/mol. The van der Waals surface area contributed by atoms with Crippen molar-refractivity contribution in [2.24, 2.45) is 5.73 Å². The number of rotatable bonds is 9. The number of likely N-dealkylation sites (N-methyl/N-ethyl adjacent to an activating group) is 1. The van der Waals surface area contributed by atoms with Crippen molar-refractivity contribution in [1.29, 1.82) is 0 Å². The molecule has 0 fully saturated rings. The van der Waals surface area contributed by atoms with Gasteiger partial charge < -0.3 is 20.1 Å². The van der Waals surface area contributed by atoms with Crippen LogP contribution in [0.5, 0.6) is 11.5 Å². The Morgan fingerprint density at radius 2 is 1.95 bits per heavy atom. The second-order valence-electron chi connectivity index (χ2n) is 5.17. The number of nitrogens with zero attached hydrogens (tertiary/aromatic N) is 1. The number of methoxy groups -OCH3 is 1. The Bertz CT molecular complexity index is 435. The molecule has 1 rings (SSSR count). The van der Waals surface area contributed by atoms with Crippen LogP contribution in [0.1, 0.15) is 26.3 Å². The van der Waals surface area contributed by atoms with Crippen LogP contribution in [0.4, 0.5) is 0 Å². The van der Waals surface area contributed by atoms with Crippen LogP contribution >= 0.6 is 15.9 Å². The Balaban J connectivity index is 2.77. The molecule has 0 spiro atoms. The van der Waals surface area contributed by atoms with Gasteiger partial charge in [0.1, 0.15) is 6.61 Å². The molecule has 0 saturated heterocycles. The van der Waals surface area contributed by atoms with E-state index in [2.05, 4.69) is 40.7 Å².